The molecular formula is C19H23N3O3. The molecule has 0 aliphatic carbocycles. The number of imidazole rings is 1. The second-order valence-corrected chi connectivity index (χ2v) is 6.10. The van der Waals surface area contributed by atoms with Crippen LogP contribution in [0.3, 0.4) is 0 Å². The van der Waals surface area contributed by atoms with Crippen LogP contribution in [0.15, 0.2) is 43.0 Å². The molecule has 0 amide bonds. The molecule has 0 spiro atoms. The highest BCUT2D eigenvalue weighted by Crippen LogP contribution is 2.43. The van der Waals surface area contributed by atoms with E-state index in [-0.39, 0.29) is 17.4 Å². The highest BCUT2D eigenvalue weighted by molar-refractivity contribution is 5.77. The van der Waals surface area contributed by atoms with Crippen LogP contribution in [0.2, 0.25) is 0 Å². The summed E-state index contributed by atoms with van der Waals surface area (Å²) < 4.78 is 3.76. The molecule has 6 heteroatoms. The third-order valence-electron chi connectivity index (χ3n) is 4.30. The molecular weight excluding hydrogens is 318 g/mol. The Labute approximate surface area is 146 Å². The maximum atomic E-state index is 10.5. The summed E-state index contributed by atoms with van der Waals surface area (Å²) in [7, 11) is 0. The summed E-state index contributed by atoms with van der Waals surface area (Å²) in [5, 5.41) is 30.7. The molecule has 0 aliphatic rings. The molecule has 2 aromatic heterocycles. The lowest BCUT2D eigenvalue weighted by Gasteiger charge is -2.11. The van der Waals surface area contributed by atoms with Gasteiger partial charge in [-0.25, -0.2) is 4.98 Å². The van der Waals surface area contributed by atoms with Gasteiger partial charge in [-0.3, -0.25) is 0 Å². The van der Waals surface area contributed by atoms with Crippen molar-refractivity contribution in [3.8, 4) is 28.5 Å². The summed E-state index contributed by atoms with van der Waals surface area (Å²) >= 11 is 0. The van der Waals surface area contributed by atoms with Crippen molar-refractivity contribution in [1.29, 1.82) is 0 Å². The predicted molar refractivity (Wildman–Crippen MR) is 95.7 cm³/mol. The first kappa shape index (κ1) is 17.0. The van der Waals surface area contributed by atoms with E-state index in [1.165, 1.54) is 0 Å². The molecule has 2 heterocycles. The largest absolute Gasteiger partial charge is 0.508 e. The van der Waals surface area contributed by atoms with Crippen LogP contribution in [-0.4, -0.2) is 29.4 Å². The SMILES string of the molecule is CCCc1c(-c2cccc(O)c2)c(O)c(O)n1CCCn1ccnc1. The Bertz CT molecular complexity index is 838. The number of nitrogens with zero attached hydrogens (tertiary/aromatic N) is 3. The zero-order chi connectivity index (χ0) is 17.8. The molecule has 0 radical (unpaired) electrons. The van der Waals surface area contributed by atoms with Gasteiger partial charge >= 0.3 is 0 Å². The first-order valence-corrected chi connectivity index (χ1v) is 8.50. The van der Waals surface area contributed by atoms with Gasteiger partial charge in [0, 0.05) is 36.7 Å². The quantitative estimate of drug-likeness (QED) is 0.614. The Morgan fingerprint density at radius 2 is 1.96 bits per heavy atom. The lowest BCUT2D eigenvalue weighted by Crippen LogP contribution is -2.06. The fourth-order valence-corrected chi connectivity index (χ4v) is 3.17. The van der Waals surface area contributed by atoms with Crippen LogP contribution in [0.5, 0.6) is 17.4 Å². The number of hydrogen-bond acceptors (Lipinski definition) is 4. The number of aromatic nitrogens is 3. The van der Waals surface area contributed by atoms with E-state index in [0.717, 1.165) is 31.5 Å². The van der Waals surface area contributed by atoms with Crippen molar-refractivity contribution >= 4 is 0 Å². The lowest BCUT2D eigenvalue weighted by atomic mass is 10.0. The predicted octanol–water partition coefficient (Wildman–Crippen LogP) is 3.51. The van der Waals surface area contributed by atoms with Crippen molar-refractivity contribution in [3.63, 3.8) is 0 Å². The number of phenolic OH excluding ortho intramolecular Hbond substituents is 1. The van der Waals surface area contributed by atoms with Crippen molar-refractivity contribution in [2.24, 2.45) is 0 Å². The number of aromatic hydroxyl groups is 3. The standard InChI is InChI=1S/C19H23N3O3/c1-2-5-16-17(14-6-3-7-15(23)12-14)18(24)19(25)22(16)10-4-9-21-11-8-20-13-21/h3,6-8,11-13,23-25H,2,4-5,9-10H2,1H3. The number of rotatable bonds is 7. The second-order valence-electron chi connectivity index (χ2n) is 6.10. The van der Waals surface area contributed by atoms with Crippen molar-refractivity contribution in [2.45, 2.75) is 39.3 Å². The molecule has 132 valence electrons. The van der Waals surface area contributed by atoms with Gasteiger partial charge < -0.3 is 24.5 Å². The Balaban J connectivity index is 1.93. The summed E-state index contributed by atoms with van der Waals surface area (Å²) in [5.41, 5.74) is 2.18. The van der Waals surface area contributed by atoms with Gasteiger partial charge in [0.2, 0.25) is 5.88 Å². The van der Waals surface area contributed by atoms with Crippen LogP contribution < -0.4 is 0 Å². The molecule has 3 aromatic rings. The van der Waals surface area contributed by atoms with Crippen molar-refractivity contribution in [2.75, 3.05) is 0 Å². The second kappa shape index (κ2) is 7.34. The van der Waals surface area contributed by atoms with Crippen molar-refractivity contribution < 1.29 is 15.3 Å². The van der Waals surface area contributed by atoms with E-state index in [4.69, 9.17) is 0 Å². The van der Waals surface area contributed by atoms with E-state index < -0.39 is 0 Å². The first-order chi connectivity index (χ1) is 12.1. The molecule has 0 atom stereocenters. The first-order valence-electron chi connectivity index (χ1n) is 8.50. The van der Waals surface area contributed by atoms with Gasteiger partial charge in [0.1, 0.15) is 5.75 Å². The highest BCUT2D eigenvalue weighted by atomic mass is 16.3. The summed E-state index contributed by atoms with van der Waals surface area (Å²) in [6, 6.07) is 6.74. The Hall–Kier alpha value is -2.89. The minimum atomic E-state index is -0.128. The van der Waals surface area contributed by atoms with Gasteiger partial charge in [0.25, 0.3) is 0 Å². The van der Waals surface area contributed by atoms with E-state index in [0.29, 0.717) is 17.7 Å². The van der Waals surface area contributed by atoms with Gasteiger partial charge in [-0.2, -0.15) is 0 Å². The van der Waals surface area contributed by atoms with Crippen molar-refractivity contribution in [1.82, 2.24) is 14.1 Å². The number of benzene rings is 1. The Morgan fingerprint density at radius 3 is 2.64 bits per heavy atom. The molecule has 0 saturated carbocycles. The zero-order valence-corrected chi connectivity index (χ0v) is 14.3. The lowest BCUT2D eigenvalue weighted by molar-refractivity contribution is 0.365. The van der Waals surface area contributed by atoms with E-state index >= 15 is 0 Å². The fraction of sp³-hybridized carbons (Fsp3) is 0.316. The molecule has 0 aliphatic heterocycles. The van der Waals surface area contributed by atoms with Gasteiger partial charge in [-0.15, -0.1) is 0 Å². The number of phenols is 1. The summed E-state index contributed by atoms with van der Waals surface area (Å²) in [6.07, 6.45) is 7.81. The molecule has 3 rings (SSSR count). The van der Waals surface area contributed by atoms with E-state index in [9.17, 15) is 15.3 Å². The van der Waals surface area contributed by atoms with E-state index in [2.05, 4.69) is 11.9 Å². The van der Waals surface area contributed by atoms with E-state index in [1.807, 2.05) is 16.8 Å². The average Bonchev–Trinajstić information content (AvgIpc) is 3.18. The maximum absolute atomic E-state index is 10.5. The average molecular weight is 341 g/mol. The van der Waals surface area contributed by atoms with Gasteiger partial charge in [0.05, 0.1) is 6.33 Å². The molecule has 0 fully saturated rings. The normalized spacial score (nSPS) is 11.1. The van der Waals surface area contributed by atoms with Gasteiger partial charge in [-0.05, 0) is 30.5 Å². The Morgan fingerprint density at radius 1 is 1.12 bits per heavy atom. The van der Waals surface area contributed by atoms with Crippen LogP contribution >= 0.6 is 0 Å². The monoisotopic (exact) mass is 341 g/mol. The van der Waals surface area contributed by atoms with Gasteiger partial charge in [0.15, 0.2) is 5.75 Å². The van der Waals surface area contributed by atoms with Crippen LogP contribution in [0, 0.1) is 0 Å². The number of hydrogen-bond donors (Lipinski definition) is 3. The van der Waals surface area contributed by atoms with E-state index in [1.54, 1.807) is 35.3 Å². The minimum absolute atomic E-state index is 0.118. The summed E-state index contributed by atoms with van der Waals surface area (Å²) in [5.74, 6) is -0.115. The van der Waals surface area contributed by atoms with Crippen LogP contribution in [-0.2, 0) is 19.5 Å². The number of aryl methyl sites for hydroxylation is 1. The summed E-state index contributed by atoms with van der Waals surface area (Å²) in [4.78, 5) is 4.02. The molecule has 6 nitrogen and oxygen atoms in total. The molecule has 0 bridgehead atoms. The highest BCUT2D eigenvalue weighted by Gasteiger charge is 2.22. The van der Waals surface area contributed by atoms with Crippen molar-refractivity contribution in [3.05, 3.63) is 48.7 Å². The zero-order valence-electron chi connectivity index (χ0n) is 14.3. The van der Waals surface area contributed by atoms with Crippen LogP contribution in [0.25, 0.3) is 11.1 Å². The fourth-order valence-electron chi connectivity index (χ4n) is 3.17. The molecule has 3 N–H and O–H groups in total. The summed E-state index contributed by atoms with van der Waals surface area (Å²) in [6.45, 7) is 3.43. The van der Waals surface area contributed by atoms with Crippen LogP contribution in [0.4, 0.5) is 0 Å². The molecule has 0 saturated heterocycles. The third kappa shape index (κ3) is 3.47. The topological polar surface area (TPSA) is 83.4 Å². The Kier molecular flexibility index (Phi) is 4.97. The van der Waals surface area contributed by atoms with Crippen LogP contribution in [0.1, 0.15) is 25.5 Å². The molecule has 0 unspecified atom stereocenters. The molecule has 1 aromatic carbocycles. The molecule has 25 heavy (non-hydrogen) atoms. The minimum Gasteiger partial charge on any atom is -0.508 e. The van der Waals surface area contributed by atoms with Gasteiger partial charge in [-0.1, -0.05) is 25.5 Å². The maximum Gasteiger partial charge on any atom is 0.235 e. The third-order valence-corrected chi connectivity index (χ3v) is 4.30. The smallest absolute Gasteiger partial charge is 0.235 e.